The van der Waals surface area contributed by atoms with Crippen molar-refractivity contribution in [3.8, 4) is 0 Å². The first kappa shape index (κ1) is 20.3. The van der Waals surface area contributed by atoms with E-state index in [-0.39, 0.29) is 4.31 Å². The van der Waals surface area contributed by atoms with Crippen LogP contribution in [0.25, 0.3) is 10.7 Å². The van der Waals surface area contributed by atoms with Crippen molar-refractivity contribution in [3.63, 3.8) is 0 Å². The molecular weight excluding hydrogens is 433 g/mol. The van der Waals surface area contributed by atoms with Gasteiger partial charge in [-0.1, -0.05) is 11.6 Å². The number of nitrogens with zero attached hydrogens (tertiary/aromatic N) is 3. The molecule has 28 heavy (non-hydrogen) atoms. The van der Waals surface area contributed by atoms with Gasteiger partial charge in [0.2, 0.25) is 0 Å². The fraction of sp³-hybridized carbons (Fsp3) is 0.200. The molecule has 2 aromatic rings. The van der Waals surface area contributed by atoms with Gasteiger partial charge in [-0.25, -0.2) is 31.5 Å². The van der Waals surface area contributed by atoms with Gasteiger partial charge in [0.05, 0.1) is 12.1 Å². The smallest absolute Gasteiger partial charge is 0.416 e. The molecule has 0 radical (unpaired) electrons. The van der Waals surface area contributed by atoms with Crippen molar-refractivity contribution in [1.82, 2.24) is 9.97 Å². The maximum atomic E-state index is 13.0. The van der Waals surface area contributed by atoms with Crippen molar-refractivity contribution in [2.24, 2.45) is 0 Å². The van der Waals surface area contributed by atoms with Crippen molar-refractivity contribution in [2.45, 2.75) is 12.6 Å². The number of aromatic nitrogens is 2. The van der Waals surface area contributed by atoms with Crippen LogP contribution in [0.1, 0.15) is 16.8 Å². The largest absolute Gasteiger partial charge is 0.504 e. The molecule has 150 valence electrons. The van der Waals surface area contributed by atoms with Crippen molar-refractivity contribution < 1.29 is 35.5 Å². The molecule has 0 bridgehead atoms. The molecule has 1 aliphatic heterocycles. The van der Waals surface area contributed by atoms with Crippen molar-refractivity contribution in [1.29, 1.82) is 0 Å². The minimum atomic E-state index is -4.93. The van der Waals surface area contributed by atoms with Crippen LogP contribution in [0.4, 0.5) is 27.8 Å². The Morgan fingerprint density at radius 2 is 1.82 bits per heavy atom. The highest BCUT2D eigenvalue weighted by Gasteiger charge is 2.43. The van der Waals surface area contributed by atoms with E-state index in [1.165, 1.54) is 0 Å². The van der Waals surface area contributed by atoms with Gasteiger partial charge in [-0.3, -0.25) is 0 Å². The minimum Gasteiger partial charge on any atom is -0.504 e. The van der Waals surface area contributed by atoms with Crippen molar-refractivity contribution in [3.05, 3.63) is 52.4 Å². The lowest BCUT2D eigenvalue weighted by Gasteiger charge is -2.30. The van der Waals surface area contributed by atoms with E-state index in [1.54, 1.807) is 0 Å². The van der Waals surface area contributed by atoms with E-state index >= 15 is 0 Å². The number of fused-ring (bicyclic) bond motifs is 1. The number of halogens is 6. The third-order valence-electron chi connectivity index (χ3n) is 3.74. The molecule has 0 atom stereocenters. The highest BCUT2D eigenvalue weighted by atomic mass is 35.5. The second-order valence-electron chi connectivity index (χ2n) is 5.53. The normalized spacial score (nSPS) is 16.5. The molecule has 0 spiro atoms. The van der Waals surface area contributed by atoms with Gasteiger partial charge in [0.25, 0.3) is 16.4 Å². The van der Waals surface area contributed by atoms with Gasteiger partial charge in [-0.15, -0.1) is 0 Å². The maximum absolute atomic E-state index is 13.0. The topological polar surface area (TPSA) is 83.4 Å². The zero-order chi connectivity index (χ0) is 20.9. The number of aliphatic hydroxyl groups excluding tert-OH is 1. The first-order chi connectivity index (χ1) is 12.9. The summed E-state index contributed by atoms with van der Waals surface area (Å²) >= 11 is 5.87. The summed E-state index contributed by atoms with van der Waals surface area (Å²) in [6.45, 7) is -1.35. The van der Waals surface area contributed by atoms with Crippen LogP contribution in [-0.2, 0) is 16.2 Å². The molecule has 0 saturated heterocycles. The van der Waals surface area contributed by atoms with Gasteiger partial charge in [0.15, 0.2) is 11.6 Å². The number of aliphatic hydroxyl groups is 1. The minimum absolute atomic E-state index is 0.172. The number of anilines is 1. The molecule has 0 amide bonds. The van der Waals surface area contributed by atoms with E-state index < -0.39 is 67.5 Å². The summed E-state index contributed by atoms with van der Waals surface area (Å²) in [5, 5.41) is 9.98. The monoisotopic (exact) mass is 441 g/mol. The van der Waals surface area contributed by atoms with E-state index in [9.17, 15) is 35.5 Å². The number of hydrogen-bond acceptors (Lipinski definition) is 5. The van der Waals surface area contributed by atoms with Crippen LogP contribution >= 0.6 is 11.6 Å². The lowest BCUT2D eigenvalue weighted by atomic mass is 10.1. The third kappa shape index (κ3) is 3.37. The van der Waals surface area contributed by atoms with E-state index in [0.29, 0.717) is 12.1 Å². The first-order valence-corrected chi connectivity index (χ1v) is 9.19. The molecule has 1 N–H and O–H groups in total. The molecule has 6 nitrogen and oxygen atoms in total. The summed E-state index contributed by atoms with van der Waals surface area (Å²) in [6.07, 6.45) is -5.90. The molecular formula is C15H9ClF5N3O3S. The SMILES string of the molecule is O=S1(=O)C(c2cc(C(F)(F)F)ccc2Cl)=C(O)c2nccnc2N1CC(F)F. The number of alkyl halides is 5. The molecule has 0 saturated carbocycles. The Balaban J connectivity index is 2.34. The molecule has 2 heterocycles. The zero-order valence-corrected chi connectivity index (χ0v) is 15.0. The summed E-state index contributed by atoms with van der Waals surface area (Å²) in [5.74, 6) is -1.62. The predicted octanol–water partition coefficient (Wildman–Crippen LogP) is 3.95. The lowest BCUT2D eigenvalue weighted by Crippen LogP contribution is -2.39. The quantitative estimate of drug-likeness (QED) is 0.729. The fourth-order valence-electron chi connectivity index (χ4n) is 2.59. The average Bonchev–Trinajstić information content (AvgIpc) is 2.59. The Morgan fingerprint density at radius 3 is 2.43 bits per heavy atom. The number of rotatable bonds is 3. The summed E-state index contributed by atoms with van der Waals surface area (Å²) in [4.78, 5) is 6.29. The van der Waals surface area contributed by atoms with E-state index in [2.05, 4.69) is 9.97 Å². The Kier molecular flexibility index (Phi) is 4.96. The second kappa shape index (κ2) is 6.85. The number of benzene rings is 1. The summed E-state index contributed by atoms with van der Waals surface area (Å²) in [7, 11) is -4.93. The van der Waals surface area contributed by atoms with Gasteiger partial charge in [0, 0.05) is 23.0 Å². The van der Waals surface area contributed by atoms with Crippen LogP contribution in [0.2, 0.25) is 5.02 Å². The van der Waals surface area contributed by atoms with Crippen LogP contribution in [0.15, 0.2) is 30.6 Å². The molecule has 3 rings (SSSR count). The molecule has 13 heteroatoms. The van der Waals surface area contributed by atoms with Crippen LogP contribution in [0, 0.1) is 0 Å². The van der Waals surface area contributed by atoms with E-state index in [4.69, 9.17) is 11.6 Å². The lowest BCUT2D eigenvalue weighted by molar-refractivity contribution is -0.137. The Morgan fingerprint density at radius 1 is 1.18 bits per heavy atom. The molecule has 0 aliphatic carbocycles. The van der Waals surface area contributed by atoms with Crippen LogP contribution in [0.3, 0.4) is 0 Å². The highest BCUT2D eigenvalue weighted by Crippen LogP contribution is 2.44. The Labute approximate surface area is 160 Å². The van der Waals surface area contributed by atoms with E-state index in [0.717, 1.165) is 18.5 Å². The van der Waals surface area contributed by atoms with Gasteiger partial charge >= 0.3 is 6.18 Å². The third-order valence-corrected chi connectivity index (χ3v) is 5.91. The fourth-order valence-corrected chi connectivity index (χ4v) is 4.53. The summed E-state index contributed by atoms with van der Waals surface area (Å²) in [6, 6.07) is 1.82. The summed E-state index contributed by atoms with van der Waals surface area (Å²) < 4.78 is 91.1. The van der Waals surface area contributed by atoms with Crippen LogP contribution < -0.4 is 4.31 Å². The average molecular weight is 442 g/mol. The number of hydrogen-bond donors (Lipinski definition) is 1. The molecule has 0 unspecified atom stereocenters. The molecule has 1 aromatic heterocycles. The van der Waals surface area contributed by atoms with Crippen LogP contribution in [-0.4, -0.2) is 36.5 Å². The standard InChI is InChI=1S/C15H9ClF5N3O3S/c16-9-2-1-7(15(19,20)21)5-8(9)13-12(25)11-14(23-4-3-22-11)24(6-10(17)18)28(13,26)27/h1-5,10,25H,6H2. The van der Waals surface area contributed by atoms with Gasteiger partial charge < -0.3 is 5.11 Å². The predicted molar refractivity (Wildman–Crippen MR) is 90.2 cm³/mol. The summed E-state index contributed by atoms with van der Waals surface area (Å²) in [5.41, 5.74) is -2.43. The first-order valence-electron chi connectivity index (χ1n) is 7.37. The molecule has 0 fully saturated rings. The Bertz CT molecular complexity index is 1070. The second-order valence-corrected chi connectivity index (χ2v) is 7.73. The molecule has 1 aromatic carbocycles. The molecule has 1 aliphatic rings. The zero-order valence-electron chi connectivity index (χ0n) is 13.5. The van der Waals surface area contributed by atoms with Gasteiger partial charge in [-0.05, 0) is 18.2 Å². The van der Waals surface area contributed by atoms with Crippen molar-refractivity contribution in [2.75, 3.05) is 10.8 Å². The van der Waals surface area contributed by atoms with Crippen molar-refractivity contribution >= 4 is 38.1 Å². The highest BCUT2D eigenvalue weighted by molar-refractivity contribution is 8.02. The number of sulfonamides is 1. The maximum Gasteiger partial charge on any atom is 0.416 e. The Hall–Kier alpha value is -2.47. The van der Waals surface area contributed by atoms with Gasteiger partial charge in [-0.2, -0.15) is 13.2 Å². The van der Waals surface area contributed by atoms with Crippen LogP contribution in [0.5, 0.6) is 0 Å². The van der Waals surface area contributed by atoms with E-state index in [1.807, 2.05) is 0 Å². The van der Waals surface area contributed by atoms with Gasteiger partial charge in [0.1, 0.15) is 10.6 Å².